The SMILES string of the molecule is [Ir+3].[O-][Cl+3]([O-])([O-])[O-].[O-][Cl+3]([O-])([O-])[O-].[O-][Cl+3]([O-])([O-])[O-]. The molecule has 0 spiro atoms. The van der Waals surface area contributed by atoms with Crippen LogP contribution in [0.3, 0.4) is 0 Å². The number of rotatable bonds is 0. The normalized spacial score (nSPS) is 11.2. The van der Waals surface area contributed by atoms with Gasteiger partial charge in [0.2, 0.25) is 0 Å². The van der Waals surface area contributed by atoms with E-state index >= 15 is 0 Å². The van der Waals surface area contributed by atoms with E-state index in [2.05, 4.69) is 0 Å². The fraction of sp³-hybridized carbons (Fsp3) is 0. The van der Waals surface area contributed by atoms with E-state index in [9.17, 15) is 0 Å². The zero-order valence-corrected chi connectivity index (χ0v) is 11.0. The second-order valence-electron chi connectivity index (χ2n) is 1.13. The van der Waals surface area contributed by atoms with Gasteiger partial charge in [-0.2, -0.15) is 0 Å². The fourth-order valence-electron chi connectivity index (χ4n) is 0. The third-order valence-corrected chi connectivity index (χ3v) is 0. The average molecular weight is 491 g/mol. The molecule has 102 valence electrons. The van der Waals surface area contributed by atoms with Crippen molar-refractivity contribution in [2.75, 3.05) is 0 Å². The molecule has 0 bridgehead atoms. The summed E-state index contributed by atoms with van der Waals surface area (Å²) < 4.78 is 102. The van der Waals surface area contributed by atoms with Gasteiger partial charge in [0.15, 0.2) is 0 Å². The monoisotopic (exact) mass is 490 g/mol. The quantitative estimate of drug-likeness (QED) is 0.306. The summed E-state index contributed by atoms with van der Waals surface area (Å²) in [6, 6.07) is 0. The molecule has 16 heavy (non-hydrogen) atoms. The van der Waals surface area contributed by atoms with Crippen LogP contribution in [0.15, 0.2) is 0 Å². The minimum atomic E-state index is -4.94. The third kappa shape index (κ3) is 2740. The summed E-state index contributed by atoms with van der Waals surface area (Å²) >= 11 is 0. The molecule has 0 aliphatic rings. The van der Waals surface area contributed by atoms with Crippen LogP contribution in [-0.4, -0.2) is 0 Å². The molecule has 0 atom stereocenters. The van der Waals surface area contributed by atoms with E-state index < -0.39 is 30.7 Å². The van der Waals surface area contributed by atoms with Crippen molar-refractivity contribution >= 4 is 0 Å². The van der Waals surface area contributed by atoms with Crippen LogP contribution in [0.4, 0.5) is 0 Å². The van der Waals surface area contributed by atoms with Crippen molar-refractivity contribution in [3.05, 3.63) is 0 Å². The third-order valence-electron chi connectivity index (χ3n) is 0. The molecule has 12 nitrogen and oxygen atoms in total. The van der Waals surface area contributed by atoms with Gasteiger partial charge in [-0.15, -0.1) is 30.7 Å². The van der Waals surface area contributed by atoms with E-state index in [0.29, 0.717) is 0 Å². The molecule has 0 aromatic heterocycles. The molecule has 0 unspecified atom stereocenters. The molecule has 0 rings (SSSR count). The second-order valence-corrected chi connectivity index (χ2v) is 3.40. The van der Waals surface area contributed by atoms with Gasteiger partial charge in [-0.1, -0.05) is 0 Å². The van der Waals surface area contributed by atoms with Crippen molar-refractivity contribution in [1.82, 2.24) is 0 Å². The predicted octanol–water partition coefficient (Wildman–Crippen LogP) is -14.3. The van der Waals surface area contributed by atoms with Crippen LogP contribution >= 0.6 is 0 Å². The Morgan fingerprint density at radius 3 is 0.312 bits per heavy atom. The maximum absolute atomic E-state index is 8.49. The Morgan fingerprint density at radius 1 is 0.312 bits per heavy atom. The zero-order valence-electron chi connectivity index (χ0n) is 6.37. The average Bonchev–Trinajstić information content (AvgIpc) is 1.41. The maximum Gasteiger partial charge on any atom is 3.00 e. The molecule has 0 saturated heterocycles. The summed E-state index contributed by atoms with van der Waals surface area (Å²) in [4.78, 5) is 0. The zero-order chi connectivity index (χ0) is 13.5. The molecule has 0 aromatic rings. The summed E-state index contributed by atoms with van der Waals surface area (Å²) in [5.41, 5.74) is 0. The van der Waals surface area contributed by atoms with Gasteiger partial charge in [0.05, 0.1) is 0 Å². The molecule has 0 aromatic carbocycles. The Kier molecular flexibility index (Phi) is 16.1. The van der Waals surface area contributed by atoms with Crippen LogP contribution in [-0.2, 0) is 20.1 Å². The van der Waals surface area contributed by atoms with Crippen LogP contribution in [0.2, 0.25) is 0 Å². The first-order valence-corrected chi connectivity index (χ1v) is 5.55. The number of hydrogen-bond acceptors (Lipinski definition) is 12. The molecule has 0 aliphatic heterocycles. The molecule has 16 heteroatoms. The molecule has 0 N–H and O–H groups in total. The van der Waals surface area contributed by atoms with E-state index in [4.69, 9.17) is 55.9 Å². The van der Waals surface area contributed by atoms with Gasteiger partial charge in [0.1, 0.15) is 0 Å². The molecule has 0 saturated carbocycles. The molecular weight excluding hydrogens is 491 g/mol. The minimum Gasteiger partial charge on any atom is -0.222 e. The molecule has 0 fully saturated rings. The van der Waals surface area contributed by atoms with Crippen LogP contribution in [0.25, 0.3) is 0 Å². The Hall–Kier alpha value is 1.04. The van der Waals surface area contributed by atoms with Gasteiger partial charge in [0, 0.05) is 0 Å². The van der Waals surface area contributed by atoms with E-state index in [1.165, 1.54) is 0 Å². The molecule has 0 heterocycles. The number of hydrogen-bond donors (Lipinski definition) is 0. The van der Waals surface area contributed by atoms with Crippen molar-refractivity contribution < 1.29 is 107 Å². The van der Waals surface area contributed by atoms with Crippen molar-refractivity contribution in [2.45, 2.75) is 0 Å². The Bertz CT molecular complexity index is 91.3. The Morgan fingerprint density at radius 2 is 0.312 bits per heavy atom. The van der Waals surface area contributed by atoms with Gasteiger partial charge in [-0.3, -0.25) is 0 Å². The van der Waals surface area contributed by atoms with Crippen molar-refractivity contribution in [3.8, 4) is 0 Å². The first kappa shape index (κ1) is 25.8. The van der Waals surface area contributed by atoms with E-state index in [1.807, 2.05) is 0 Å². The fourth-order valence-corrected chi connectivity index (χ4v) is 0. The summed E-state index contributed by atoms with van der Waals surface area (Å²) in [7, 11) is -14.8. The van der Waals surface area contributed by atoms with Gasteiger partial charge >= 0.3 is 20.1 Å². The molecule has 0 aliphatic carbocycles. The Labute approximate surface area is 107 Å². The predicted molar refractivity (Wildman–Crippen MR) is 0 cm³/mol. The van der Waals surface area contributed by atoms with Gasteiger partial charge in [0.25, 0.3) is 0 Å². The summed E-state index contributed by atoms with van der Waals surface area (Å²) in [5, 5.41) is 0. The van der Waals surface area contributed by atoms with Crippen molar-refractivity contribution in [1.29, 1.82) is 0 Å². The Balaban J connectivity index is -0.0000000655. The largest absolute Gasteiger partial charge is 3.00 e. The van der Waals surface area contributed by atoms with Crippen molar-refractivity contribution in [3.63, 3.8) is 0 Å². The summed E-state index contributed by atoms with van der Waals surface area (Å²) in [5.74, 6) is 0. The smallest absolute Gasteiger partial charge is 0.222 e. The van der Waals surface area contributed by atoms with Gasteiger partial charge in [-0.05, 0) is 0 Å². The van der Waals surface area contributed by atoms with E-state index in [1.54, 1.807) is 0 Å². The number of halogens is 3. The van der Waals surface area contributed by atoms with Crippen LogP contribution < -0.4 is 55.9 Å². The van der Waals surface area contributed by atoms with Crippen molar-refractivity contribution in [2.24, 2.45) is 0 Å². The van der Waals surface area contributed by atoms with Crippen LogP contribution in [0.5, 0.6) is 0 Å². The molecule has 0 radical (unpaired) electrons. The second kappa shape index (κ2) is 10.0. The van der Waals surface area contributed by atoms with Gasteiger partial charge < -0.3 is 0 Å². The topological polar surface area (TPSA) is 277 Å². The first-order chi connectivity index (χ1) is 6.00. The van der Waals surface area contributed by atoms with Crippen LogP contribution in [0.1, 0.15) is 0 Å². The minimum absolute atomic E-state index is 0. The summed E-state index contributed by atoms with van der Waals surface area (Å²) in [6.45, 7) is 0. The molecular formula is Cl3IrO12. The molecule has 0 amide bonds. The van der Waals surface area contributed by atoms with E-state index in [0.717, 1.165) is 0 Å². The summed E-state index contributed by atoms with van der Waals surface area (Å²) in [6.07, 6.45) is 0. The maximum atomic E-state index is 8.49. The van der Waals surface area contributed by atoms with Gasteiger partial charge in [-0.25, -0.2) is 55.9 Å². The van der Waals surface area contributed by atoms with E-state index in [-0.39, 0.29) is 20.1 Å². The standard InChI is InChI=1S/3ClHO4.Ir/c3*2-1(3,4)5;/h3*(H,2,3,4,5);/q;;;+3/p-3. The first-order valence-electron chi connectivity index (χ1n) is 1.85. The van der Waals surface area contributed by atoms with Crippen LogP contribution in [0, 0.1) is 30.7 Å².